The van der Waals surface area contributed by atoms with Crippen LogP contribution < -0.4 is 4.72 Å². The van der Waals surface area contributed by atoms with Crippen LogP contribution in [0.3, 0.4) is 0 Å². The molecule has 1 aliphatic carbocycles. The van der Waals surface area contributed by atoms with E-state index in [9.17, 15) is 13.7 Å². The van der Waals surface area contributed by atoms with Crippen molar-refractivity contribution in [3.8, 4) is 6.07 Å². The fraction of sp³-hybridized carbons (Fsp3) is 0.917. The molecular weight excluding hydrogens is 250 g/mol. The van der Waals surface area contributed by atoms with Gasteiger partial charge in [0.25, 0.3) is 0 Å². The number of nitrogens with zero attached hydrogens (tertiary/aromatic N) is 2. The number of rotatable bonds is 5. The lowest BCUT2D eigenvalue weighted by Crippen LogP contribution is -2.54. The van der Waals surface area contributed by atoms with Gasteiger partial charge in [-0.15, -0.1) is 0 Å². The number of nitrogens with one attached hydrogen (secondary N) is 1. The molecular formula is C12H21N3O2S. The second-order valence-electron chi connectivity index (χ2n) is 5.65. The Labute approximate surface area is 109 Å². The molecule has 2 fully saturated rings. The van der Waals surface area contributed by atoms with Crippen molar-refractivity contribution >= 4 is 10.0 Å². The molecule has 1 heterocycles. The predicted molar refractivity (Wildman–Crippen MR) is 69.3 cm³/mol. The van der Waals surface area contributed by atoms with Gasteiger partial charge in [0.05, 0.1) is 11.8 Å². The van der Waals surface area contributed by atoms with Crippen LogP contribution in [0.2, 0.25) is 0 Å². The minimum Gasteiger partial charge on any atom is -0.306 e. The summed E-state index contributed by atoms with van der Waals surface area (Å²) in [6.07, 6.45) is 4.19. The van der Waals surface area contributed by atoms with Crippen LogP contribution in [-0.2, 0) is 10.0 Å². The van der Waals surface area contributed by atoms with Crippen molar-refractivity contribution in [2.45, 2.75) is 37.6 Å². The molecule has 5 nitrogen and oxygen atoms in total. The number of likely N-dealkylation sites (tertiary alicyclic amines) is 1. The number of sulfonamides is 1. The third-order valence-corrected chi connectivity index (χ3v) is 5.37. The molecule has 0 aromatic carbocycles. The first-order chi connectivity index (χ1) is 8.45. The van der Waals surface area contributed by atoms with Gasteiger partial charge in [0.2, 0.25) is 10.0 Å². The molecule has 1 N–H and O–H groups in total. The van der Waals surface area contributed by atoms with E-state index >= 15 is 0 Å². The number of piperidine rings is 1. The summed E-state index contributed by atoms with van der Waals surface area (Å²) < 4.78 is 26.6. The quantitative estimate of drug-likeness (QED) is 0.798. The minimum atomic E-state index is -3.32. The molecule has 0 bridgehead atoms. The van der Waals surface area contributed by atoms with Crippen molar-refractivity contribution in [3.05, 3.63) is 0 Å². The first-order valence-electron chi connectivity index (χ1n) is 6.56. The SMILES string of the molecule is CN1CCC(C#N)(NS(=O)(=O)CCC2CC2)CC1. The van der Waals surface area contributed by atoms with Gasteiger partial charge in [-0.3, -0.25) is 0 Å². The van der Waals surface area contributed by atoms with Gasteiger partial charge in [0.15, 0.2) is 0 Å². The van der Waals surface area contributed by atoms with E-state index in [0.717, 1.165) is 32.4 Å². The van der Waals surface area contributed by atoms with Crippen molar-refractivity contribution in [2.75, 3.05) is 25.9 Å². The summed E-state index contributed by atoms with van der Waals surface area (Å²) in [6, 6.07) is 2.18. The van der Waals surface area contributed by atoms with Gasteiger partial charge < -0.3 is 4.90 Å². The molecule has 1 aliphatic heterocycles. The van der Waals surface area contributed by atoms with Crippen LogP contribution in [0.15, 0.2) is 0 Å². The molecule has 102 valence electrons. The lowest BCUT2D eigenvalue weighted by atomic mass is 9.91. The Morgan fingerprint density at radius 3 is 2.50 bits per heavy atom. The van der Waals surface area contributed by atoms with Crippen LogP contribution in [-0.4, -0.2) is 44.7 Å². The van der Waals surface area contributed by atoms with Crippen LogP contribution in [0.25, 0.3) is 0 Å². The highest BCUT2D eigenvalue weighted by atomic mass is 32.2. The van der Waals surface area contributed by atoms with Crippen LogP contribution in [0.1, 0.15) is 32.1 Å². The molecule has 1 saturated carbocycles. The summed E-state index contributed by atoms with van der Waals surface area (Å²) in [5.74, 6) is 0.758. The lowest BCUT2D eigenvalue weighted by Gasteiger charge is -2.35. The predicted octanol–water partition coefficient (Wildman–Crippen LogP) is 0.694. The highest BCUT2D eigenvalue weighted by Gasteiger charge is 2.37. The maximum absolute atomic E-state index is 12.0. The first kappa shape index (κ1) is 13.8. The standard InChI is InChI=1S/C12H21N3O2S/c1-15-7-5-12(10-13,6-8-15)14-18(16,17)9-4-11-2-3-11/h11,14H,2-9H2,1H3. The Balaban J connectivity index is 1.94. The summed E-state index contributed by atoms with van der Waals surface area (Å²) in [4.78, 5) is 2.12. The fourth-order valence-corrected chi connectivity index (χ4v) is 3.90. The van der Waals surface area contributed by atoms with Gasteiger partial charge >= 0.3 is 0 Å². The Morgan fingerprint density at radius 2 is 2.00 bits per heavy atom. The molecule has 0 radical (unpaired) electrons. The van der Waals surface area contributed by atoms with Gasteiger partial charge in [-0.05, 0) is 32.2 Å². The van der Waals surface area contributed by atoms with Crippen molar-refractivity contribution in [1.29, 1.82) is 5.26 Å². The summed E-state index contributed by atoms with van der Waals surface area (Å²) in [7, 11) is -1.33. The highest BCUT2D eigenvalue weighted by Crippen LogP contribution is 2.32. The van der Waals surface area contributed by atoms with E-state index in [0.29, 0.717) is 18.8 Å². The van der Waals surface area contributed by atoms with Crippen molar-refractivity contribution in [2.24, 2.45) is 5.92 Å². The average Bonchev–Trinajstić information content (AvgIpc) is 3.14. The van der Waals surface area contributed by atoms with E-state index in [1.54, 1.807) is 0 Å². The van der Waals surface area contributed by atoms with E-state index < -0.39 is 15.6 Å². The molecule has 0 atom stereocenters. The maximum Gasteiger partial charge on any atom is 0.212 e. The third kappa shape index (κ3) is 3.67. The fourth-order valence-electron chi connectivity index (χ4n) is 2.31. The normalized spacial score (nSPS) is 24.7. The molecule has 0 aromatic rings. The zero-order valence-electron chi connectivity index (χ0n) is 10.9. The van der Waals surface area contributed by atoms with Crippen molar-refractivity contribution < 1.29 is 8.42 Å². The van der Waals surface area contributed by atoms with E-state index in [2.05, 4.69) is 15.7 Å². The van der Waals surface area contributed by atoms with E-state index in [1.807, 2.05) is 7.05 Å². The Kier molecular flexibility index (Phi) is 3.95. The molecule has 0 spiro atoms. The van der Waals surface area contributed by atoms with Crippen LogP contribution in [0.5, 0.6) is 0 Å². The summed E-state index contributed by atoms with van der Waals surface area (Å²) in [5, 5.41) is 9.29. The Bertz CT molecular complexity index is 429. The summed E-state index contributed by atoms with van der Waals surface area (Å²) in [6.45, 7) is 1.53. The number of nitriles is 1. The largest absolute Gasteiger partial charge is 0.306 e. The first-order valence-corrected chi connectivity index (χ1v) is 8.21. The van der Waals surface area contributed by atoms with Gasteiger partial charge in [-0.2, -0.15) is 9.98 Å². The number of hydrogen-bond donors (Lipinski definition) is 1. The number of hydrogen-bond acceptors (Lipinski definition) is 4. The second kappa shape index (κ2) is 5.16. The Hall–Kier alpha value is -0.640. The highest BCUT2D eigenvalue weighted by molar-refractivity contribution is 7.89. The molecule has 0 amide bonds. The molecule has 0 aromatic heterocycles. The molecule has 6 heteroatoms. The van der Waals surface area contributed by atoms with Crippen molar-refractivity contribution in [3.63, 3.8) is 0 Å². The van der Waals surface area contributed by atoms with E-state index in [4.69, 9.17) is 0 Å². The molecule has 2 rings (SSSR count). The molecule has 1 saturated heterocycles. The minimum absolute atomic E-state index is 0.164. The zero-order chi connectivity index (χ0) is 13.2. The Morgan fingerprint density at radius 1 is 1.39 bits per heavy atom. The maximum atomic E-state index is 12.0. The van der Waals surface area contributed by atoms with Crippen LogP contribution in [0.4, 0.5) is 0 Å². The topological polar surface area (TPSA) is 73.2 Å². The van der Waals surface area contributed by atoms with Gasteiger partial charge in [-0.1, -0.05) is 12.8 Å². The van der Waals surface area contributed by atoms with Gasteiger partial charge in [-0.25, -0.2) is 8.42 Å². The average molecular weight is 271 g/mol. The van der Waals surface area contributed by atoms with E-state index in [-0.39, 0.29) is 5.75 Å². The van der Waals surface area contributed by atoms with E-state index in [1.165, 1.54) is 0 Å². The van der Waals surface area contributed by atoms with Gasteiger partial charge in [0.1, 0.15) is 5.54 Å². The molecule has 2 aliphatic rings. The summed E-state index contributed by atoms with van der Waals surface area (Å²) >= 11 is 0. The van der Waals surface area contributed by atoms with Gasteiger partial charge in [0, 0.05) is 13.1 Å². The molecule has 18 heavy (non-hydrogen) atoms. The third-order valence-electron chi connectivity index (χ3n) is 3.90. The smallest absolute Gasteiger partial charge is 0.212 e. The lowest BCUT2D eigenvalue weighted by molar-refractivity contribution is 0.213. The van der Waals surface area contributed by atoms with Crippen LogP contribution in [0, 0.1) is 17.2 Å². The second-order valence-corrected chi connectivity index (χ2v) is 7.49. The van der Waals surface area contributed by atoms with Crippen LogP contribution >= 0.6 is 0 Å². The molecule has 0 unspecified atom stereocenters. The monoisotopic (exact) mass is 271 g/mol. The summed E-state index contributed by atoms with van der Waals surface area (Å²) in [5.41, 5.74) is -0.880. The van der Waals surface area contributed by atoms with Crippen molar-refractivity contribution in [1.82, 2.24) is 9.62 Å². The zero-order valence-corrected chi connectivity index (χ0v) is 11.7.